The molecule has 2 atom stereocenters. The van der Waals surface area contributed by atoms with Gasteiger partial charge >= 0.3 is 0 Å². The summed E-state index contributed by atoms with van der Waals surface area (Å²) in [5.41, 5.74) is 0. The van der Waals surface area contributed by atoms with Crippen LogP contribution in [0, 0.1) is 0 Å². The standard InChI is InChI=1S/C11H21NO4S/c1-3-9(7-13)12(11(14)4-2)10-5-6-17(15,16)8-10/h9-10,13H,3-8H2,1-2H3/t9-,10+/m1/s1. The van der Waals surface area contributed by atoms with E-state index in [-0.39, 0.29) is 36.1 Å². The van der Waals surface area contributed by atoms with Gasteiger partial charge in [0, 0.05) is 12.5 Å². The third-order valence-electron chi connectivity index (χ3n) is 3.27. The van der Waals surface area contributed by atoms with Gasteiger partial charge in [-0.3, -0.25) is 4.79 Å². The zero-order valence-electron chi connectivity index (χ0n) is 10.4. The Hall–Kier alpha value is -0.620. The molecule has 1 rings (SSSR count). The number of hydrogen-bond donors (Lipinski definition) is 1. The zero-order chi connectivity index (χ0) is 13.1. The first-order valence-electron chi connectivity index (χ1n) is 6.07. The summed E-state index contributed by atoms with van der Waals surface area (Å²) in [6, 6.07) is -0.523. The molecule has 6 heteroatoms. The average Bonchev–Trinajstić information content (AvgIpc) is 2.65. The predicted molar refractivity (Wildman–Crippen MR) is 65.4 cm³/mol. The molecular weight excluding hydrogens is 242 g/mol. The maximum Gasteiger partial charge on any atom is 0.222 e. The van der Waals surface area contributed by atoms with Crippen molar-refractivity contribution < 1.29 is 18.3 Å². The summed E-state index contributed by atoms with van der Waals surface area (Å²) in [7, 11) is -3.01. The minimum absolute atomic E-state index is 0.0369. The molecule has 0 aromatic heterocycles. The largest absolute Gasteiger partial charge is 0.394 e. The van der Waals surface area contributed by atoms with E-state index >= 15 is 0 Å². The second-order valence-electron chi connectivity index (χ2n) is 4.46. The van der Waals surface area contributed by atoms with Gasteiger partial charge in [0.15, 0.2) is 9.84 Å². The van der Waals surface area contributed by atoms with E-state index in [9.17, 15) is 18.3 Å². The number of aliphatic hydroxyl groups is 1. The molecule has 1 heterocycles. The first kappa shape index (κ1) is 14.4. The van der Waals surface area contributed by atoms with Crippen LogP contribution in [0.3, 0.4) is 0 Å². The summed E-state index contributed by atoms with van der Waals surface area (Å²) in [5.74, 6) is 0.107. The summed E-state index contributed by atoms with van der Waals surface area (Å²) >= 11 is 0. The highest BCUT2D eigenvalue weighted by molar-refractivity contribution is 7.91. The van der Waals surface area contributed by atoms with Gasteiger partial charge in [0.05, 0.1) is 24.2 Å². The van der Waals surface area contributed by atoms with Gasteiger partial charge in [-0.05, 0) is 12.8 Å². The lowest BCUT2D eigenvalue weighted by molar-refractivity contribution is -0.136. The molecule has 1 N–H and O–H groups in total. The first-order chi connectivity index (χ1) is 7.95. The van der Waals surface area contributed by atoms with Crippen molar-refractivity contribution in [3.63, 3.8) is 0 Å². The average molecular weight is 263 g/mol. The number of aliphatic hydroxyl groups excluding tert-OH is 1. The monoisotopic (exact) mass is 263 g/mol. The number of amides is 1. The number of hydrogen-bond acceptors (Lipinski definition) is 4. The quantitative estimate of drug-likeness (QED) is 0.768. The van der Waals surface area contributed by atoms with Crippen LogP contribution in [0.4, 0.5) is 0 Å². The van der Waals surface area contributed by atoms with Gasteiger partial charge in [0.1, 0.15) is 0 Å². The van der Waals surface area contributed by atoms with Gasteiger partial charge in [-0.25, -0.2) is 8.42 Å². The summed E-state index contributed by atoms with van der Waals surface area (Å²) in [6.07, 6.45) is 1.47. The molecule has 100 valence electrons. The summed E-state index contributed by atoms with van der Waals surface area (Å²) in [5, 5.41) is 9.29. The predicted octanol–water partition coefficient (Wildman–Crippen LogP) is 0.183. The highest BCUT2D eigenvalue weighted by Gasteiger charge is 2.36. The second-order valence-corrected chi connectivity index (χ2v) is 6.68. The van der Waals surface area contributed by atoms with Gasteiger partial charge < -0.3 is 10.0 Å². The molecule has 1 fully saturated rings. The molecule has 1 saturated heterocycles. The zero-order valence-corrected chi connectivity index (χ0v) is 11.2. The SMILES string of the molecule is CCC(=O)N([C@H](CC)CO)[C@H]1CCS(=O)(=O)C1. The molecular formula is C11H21NO4S. The summed E-state index contributed by atoms with van der Waals surface area (Å²) in [4.78, 5) is 13.5. The van der Waals surface area contributed by atoms with E-state index < -0.39 is 9.84 Å². The maximum atomic E-state index is 11.9. The highest BCUT2D eigenvalue weighted by Crippen LogP contribution is 2.22. The van der Waals surface area contributed by atoms with Crippen molar-refractivity contribution in [1.29, 1.82) is 0 Å². The van der Waals surface area contributed by atoms with Crippen molar-refractivity contribution in [1.82, 2.24) is 4.90 Å². The van der Waals surface area contributed by atoms with E-state index in [1.807, 2.05) is 6.92 Å². The molecule has 0 aliphatic carbocycles. The number of carbonyl (C=O) groups excluding carboxylic acids is 1. The Morgan fingerprint density at radius 2 is 2.12 bits per heavy atom. The van der Waals surface area contributed by atoms with Crippen LogP contribution < -0.4 is 0 Å². The van der Waals surface area contributed by atoms with Crippen LogP contribution in [0.15, 0.2) is 0 Å². The fraction of sp³-hybridized carbons (Fsp3) is 0.909. The summed E-state index contributed by atoms with van der Waals surface area (Å²) < 4.78 is 22.9. The highest BCUT2D eigenvalue weighted by atomic mass is 32.2. The van der Waals surface area contributed by atoms with E-state index in [2.05, 4.69) is 0 Å². The lowest BCUT2D eigenvalue weighted by Gasteiger charge is -2.34. The van der Waals surface area contributed by atoms with Crippen LogP contribution in [-0.2, 0) is 14.6 Å². The first-order valence-corrected chi connectivity index (χ1v) is 7.89. The Labute approximate surface area is 103 Å². The lowest BCUT2D eigenvalue weighted by atomic mass is 10.1. The van der Waals surface area contributed by atoms with Gasteiger partial charge in [-0.15, -0.1) is 0 Å². The van der Waals surface area contributed by atoms with E-state index in [4.69, 9.17) is 0 Å². The number of carbonyl (C=O) groups is 1. The Bertz CT molecular complexity index is 362. The molecule has 17 heavy (non-hydrogen) atoms. The number of sulfone groups is 1. The minimum atomic E-state index is -3.01. The van der Waals surface area contributed by atoms with Crippen molar-refractivity contribution in [3.05, 3.63) is 0 Å². The van der Waals surface area contributed by atoms with Gasteiger partial charge in [-0.2, -0.15) is 0 Å². The fourth-order valence-electron chi connectivity index (χ4n) is 2.30. The smallest absolute Gasteiger partial charge is 0.222 e. The van der Waals surface area contributed by atoms with Crippen LogP contribution in [0.25, 0.3) is 0 Å². The molecule has 1 aliphatic heterocycles. The Morgan fingerprint density at radius 3 is 2.47 bits per heavy atom. The van der Waals surface area contributed by atoms with Crippen LogP contribution in [0.5, 0.6) is 0 Å². The molecule has 5 nitrogen and oxygen atoms in total. The molecule has 0 bridgehead atoms. The van der Waals surface area contributed by atoms with Crippen LogP contribution in [0.2, 0.25) is 0 Å². The van der Waals surface area contributed by atoms with Crippen LogP contribution in [0.1, 0.15) is 33.1 Å². The number of rotatable bonds is 5. The Balaban J connectivity index is 2.87. The van der Waals surface area contributed by atoms with E-state index in [0.29, 0.717) is 19.3 Å². The molecule has 0 aromatic rings. The molecule has 0 aromatic carbocycles. The van der Waals surface area contributed by atoms with Crippen LogP contribution in [-0.4, -0.2) is 54.5 Å². The van der Waals surface area contributed by atoms with Crippen molar-refractivity contribution in [2.24, 2.45) is 0 Å². The van der Waals surface area contributed by atoms with E-state index in [1.54, 1.807) is 11.8 Å². The van der Waals surface area contributed by atoms with Gasteiger partial charge in [-0.1, -0.05) is 13.8 Å². The molecule has 1 amide bonds. The number of nitrogens with zero attached hydrogens (tertiary/aromatic N) is 1. The third kappa shape index (κ3) is 3.42. The molecule has 0 spiro atoms. The van der Waals surface area contributed by atoms with E-state index in [0.717, 1.165) is 0 Å². The Kier molecular flexibility index (Phi) is 4.94. The maximum absolute atomic E-state index is 11.9. The topological polar surface area (TPSA) is 74.7 Å². The van der Waals surface area contributed by atoms with Gasteiger partial charge in [0.2, 0.25) is 5.91 Å². The molecule has 1 aliphatic rings. The summed E-state index contributed by atoms with van der Waals surface area (Å²) in [6.45, 7) is 3.53. The van der Waals surface area contributed by atoms with Gasteiger partial charge in [0.25, 0.3) is 0 Å². The van der Waals surface area contributed by atoms with Crippen molar-refractivity contribution in [2.45, 2.75) is 45.2 Å². The molecule has 0 unspecified atom stereocenters. The Morgan fingerprint density at radius 1 is 1.47 bits per heavy atom. The lowest BCUT2D eigenvalue weighted by Crippen LogP contribution is -2.49. The van der Waals surface area contributed by atoms with Crippen molar-refractivity contribution in [3.8, 4) is 0 Å². The molecule has 0 saturated carbocycles. The normalized spacial score (nSPS) is 24.5. The third-order valence-corrected chi connectivity index (χ3v) is 5.02. The van der Waals surface area contributed by atoms with E-state index in [1.165, 1.54) is 0 Å². The fourth-order valence-corrected chi connectivity index (χ4v) is 4.01. The minimum Gasteiger partial charge on any atom is -0.394 e. The molecule has 0 radical (unpaired) electrons. The van der Waals surface area contributed by atoms with Crippen molar-refractivity contribution >= 4 is 15.7 Å². The van der Waals surface area contributed by atoms with Crippen molar-refractivity contribution in [2.75, 3.05) is 18.1 Å². The second kappa shape index (κ2) is 5.82. The van der Waals surface area contributed by atoms with Crippen LogP contribution >= 0.6 is 0 Å².